The number of hydrogen-bond donors (Lipinski definition) is 0. The lowest BCUT2D eigenvalue weighted by Gasteiger charge is -2.34. The molecule has 0 radical (unpaired) electrons. The lowest BCUT2D eigenvalue weighted by molar-refractivity contribution is 0.257. The van der Waals surface area contributed by atoms with Crippen LogP contribution in [-0.4, -0.2) is 45.7 Å². The van der Waals surface area contributed by atoms with E-state index in [2.05, 4.69) is 65.5 Å². The SMILES string of the molecule is C[Si](C)(C)CO[Si](C)(C)CO[Si](C)(C)O[Si](C)(C)C. The molecule has 0 N–H and O–H groups in total. The highest BCUT2D eigenvalue weighted by molar-refractivity contribution is 6.82. The van der Waals surface area contributed by atoms with Crippen molar-refractivity contribution in [3.63, 3.8) is 0 Å². The molecule has 0 aliphatic heterocycles. The van der Waals surface area contributed by atoms with Gasteiger partial charge in [-0.3, -0.25) is 0 Å². The summed E-state index contributed by atoms with van der Waals surface area (Å²) in [4.78, 5) is 0. The molecule has 0 bridgehead atoms. The third-order valence-electron chi connectivity index (χ3n) is 2.22. The first kappa shape index (κ1) is 19.7. The number of rotatable bonds is 8. The Labute approximate surface area is 124 Å². The van der Waals surface area contributed by atoms with E-state index in [4.69, 9.17) is 13.0 Å². The minimum absolute atomic E-state index is 0.751. The summed E-state index contributed by atoms with van der Waals surface area (Å²) in [6, 6.07) is 0. The predicted molar refractivity (Wildman–Crippen MR) is 94.6 cm³/mol. The fraction of sp³-hybridized carbons (Fsp3) is 1.00. The molecule has 0 heterocycles. The molecule has 0 rings (SSSR count). The van der Waals surface area contributed by atoms with Crippen LogP contribution in [0.4, 0.5) is 0 Å². The molecule has 0 aromatic carbocycles. The zero-order valence-corrected chi connectivity index (χ0v) is 18.6. The summed E-state index contributed by atoms with van der Waals surface area (Å²) < 4.78 is 18.5. The molecule has 0 unspecified atom stereocenters. The Morgan fingerprint density at radius 3 is 1.47 bits per heavy atom. The highest BCUT2D eigenvalue weighted by Crippen LogP contribution is 2.18. The van der Waals surface area contributed by atoms with E-state index in [1.165, 1.54) is 0 Å². The first-order valence-electron chi connectivity index (χ1n) is 7.10. The Balaban J connectivity index is 4.29. The van der Waals surface area contributed by atoms with Gasteiger partial charge in [0.15, 0.2) is 8.32 Å². The van der Waals surface area contributed by atoms with E-state index in [1.54, 1.807) is 0 Å². The summed E-state index contributed by atoms with van der Waals surface area (Å²) >= 11 is 0. The largest absolute Gasteiger partial charge is 0.436 e. The highest BCUT2D eigenvalue weighted by atomic mass is 28.4. The highest BCUT2D eigenvalue weighted by Gasteiger charge is 2.35. The Bertz CT molecular complexity index is 280. The van der Waals surface area contributed by atoms with Crippen LogP contribution in [0, 0.1) is 0 Å². The molecule has 0 aromatic heterocycles. The van der Waals surface area contributed by atoms with Crippen LogP contribution in [-0.2, 0) is 13.0 Å². The van der Waals surface area contributed by atoms with Gasteiger partial charge in [0.05, 0.1) is 14.3 Å². The fourth-order valence-corrected chi connectivity index (χ4v) is 13.9. The van der Waals surface area contributed by atoms with Gasteiger partial charge in [0.1, 0.15) is 0 Å². The zero-order chi connectivity index (χ0) is 15.5. The second-order valence-corrected chi connectivity index (χ2v) is 26.1. The molecular formula is C12H34O3Si4. The lowest BCUT2D eigenvalue weighted by Crippen LogP contribution is -2.50. The van der Waals surface area contributed by atoms with Gasteiger partial charge in [-0.25, -0.2) is 0 Å². The molecule has 0 spiro atoms. The van der Waals surface area contributed by atoms with E-state index in [-0.39, 0.29) is 0 Å². The topological polar surface area (TPSA) is 27.7 Å². The molecule has 0 amide bonds. The molecule has 7 heteroatoms. The second-order valence-electron chi connectivity index (χ2n) is 8.51. The van der Waals surface area contributed by atoms with Crippen molar-refractivity contribution in [3.8, 4) is 0 Å². The third-order valence-corrected chi connectivity index (χ3v) is 10.8. The van der Waals surface area contributed by atoms with Crippen molar-refractivity contribution in [1.82, 2.24) is 0 Å². The molecule has 3 nitrogen and oxygen atoms in total. The van der Waals surface area contributed by atoms with Gasteiger partial charge in [-0.05, 0) is 45.8 Å². The molecular weight excluding hydrogens is 304 g/mol. The monoisotopic (exact) mass is 338 g/mol. The van der Waals surface area contributed by atoms with Gasteiger partial charge in [-0.15, -0.1) is 0 Å². The van der Waals surface area contributed by atoms with E-state index >= 15 is 0 Å². The van der Waals surface area contributed by atoms with Crippen molar-refractivity contribution in [3.05, 3.63) is 0 Å². The summed E-state index contributed by atoms with van der Waals surface area (Å²) in [7, 11) is -6.37. The second kappa shape index (κ2) is 6.67. The maximum atomic E-state index is 6.20. The Kier molecular flexibility index (Phi) is 6.94. The zero-order valence-electron chi connectivity index (χ0n) is 14.6. The number of hydrogen-bond acceptors (Lipinski definition) is 3. The summed E-state index contributed by atoms with van der Waals surface area (Å²) in [5.74, 6) is 0. The molecule has 0 saturated heterocycles. The first-order valence-corrected chi connectivity index (χ1v) is 20.1. The molecule has 0 aliphatic carbocycles. The summed E-state index contributed by atoms with van der Waals surface area (Å²) in [6.07, 6.45) is 1.69. The van der Waals surface area contributed by atoms with Gasteiger partial charge in [-0.2, -0.15) is 0 Å². The van der Waals surface area contributed by atoms with Crippen LogP contribution < -0.4 is 0 Å². The average Bonchev–Trinajstić information content (AvgIpc) is 2.08. The Morgan fingerprint density at radius 1 is 0.632 bits per heavy atom. The van der Waals surface area contributed by atoms with E-state index in [0.29, 0.717) is 0 Å². The normalized spacial score (nSPS) is 14.8. The Hall–Kier alpha value is 0.748. The van der Waals surface area contributed by atoms with Gasteiger partial charge in [-0.1, -0.05) is 19.6 Å². The lowest BCUT2D eigenvalue weighted by atomic mass is 11.6. The summed E-state index contributed by atoms with van der Waals surface area (Å²) in [5.41, 5.74) is 0. The van der Waals surface area contributed by atoms with Crippen LogP contribution in [0.1, 0.15) is 0 Å². The Morgan fingerprint density at radius 2 is 1.11 bits per heavy atom. The van der Waals surface area contributed by atoms with E-state index in [0.717, 1.165) is 12.5 Å². The molecule has 19 heavy (non-hydrogen) atoms. The maximum absolute atomic E-state index is 6.20. The van der Waals surface area contributed by atoms with Gasteiger partial charge in [0.2, 0.25) is 8.32 Å². The molecule has 0 fully saturated rings. The summed E-state index contributed by atoms with van der Waals surface area (Å²) in [5, 5.41) is 0. The van der Waals surface area contributed by atoms with E-state index < -0.39 is 33.3 Å². The van der Waals surface area contributed by atoms with Crippen LogP contribution in [0.3, 0.4) is 0 Å². The van der Waals surface area contributed by atoms with E-state index in [1.807, 2.05) is 0 Å². The van der Waals surface area contributed by atoms with E-state index in [9.17, 15) is 0 Å². The third kappa shape index (κ3) is 12.2. The minimum atomic E-state index is -2.00. The van der Waals surface area contributed by atoms with Gasteiger partial charge in [0, 0.05) is 6.23 Å². The fourth-order valence-electron chi connectivity index (χ4n) is 1.57. The smallest absolute Gasteiger partial charge is 0.321 e. The molecule has 0 atom stereocenters. The standard InChI is InChI=1S/C12H34O3Si4/c1-16(2,3)11-13-18(7,8)12-14-19(9,10)15-17(4,5)6/h11-12H2,1-10H3. The average molecular weight is 339 g/mol. The van der Waals surface area contributed by atoms with Gasteiger partial charge >= 0.3 is 8.56 Å². The van der Waals surface area contributed by atoms with Crippen LogP contribution in [0.2, 0.25) is 65.5 Å². The van der Waals surface area contributed by atoms with Crippen molar-refractivity contribution >= 4 is 33.3 Å². The van der Waals surface area contributed by atoms with Crippen molar-refractivity contribution in [2.75, 3.05) is 12.5 Å². The van der Waals surface area contributed by atoms with Crippen molar-refractivity contribution in [2.45, 2.75) is 65.5 Å². The van der Waals surface area contributed by atoms with Crippen molar-refractivity contribution in [2.24, 2.45) is 0 Å². The first-order chi connectivity index (χ1) is 8.12. The summed E-state index contributed by atoms with van der Waals surface area (Å²) in [6.45, 7) is 22.4. The predicted octanol–water partition coefficient (Wildman–Crippen LogP) is 4.19. The van der Waals surface area contributed by atoms with Crippen molar-refractivity contribution in [1.29, 1.82) is 0 Å². The molecule has 0 aliphatic rings. The van der Waals surface area contributed by atoms with Crippen LogP contribution >= 0.6 is 0 Å². The van der Waals surface area contributed by atoms with Gasteiger partial charge in [0.25, 0.3) is 0 Å². The van der Waals surface area contributed by atoms with Gasteiger partial charge < -0.3 is 13.0 Å². The molecule has 0 saturated carbocycles. The molecule has 116 valence electrons. The van der Waals surface area contributed by atoms with Crippen molar-refractivity contribution < 1.29 is 13.0 Å². The minimum Gasteiger partial charge on any atom is -0.436 e. The van der Waals surface area contributed by atoms with Crippen LogP contribution in [0.25, 0.3) is 0 Å². The van der Waals surface area contributed by atoms with Crippen LogP contribution in [0.5, 0.6) is 0 Å². The van der Waals surface area contributed by atoms with Crippen LogP contribution in [0.15, 0.2) is 0 Å². The maximum Gasteiger partial charge on any atom is 0.321 e. The molecule has 0 aromatic rings. The quantitative estimate of drug-likeness (QED) is 0.621.